The lowest BCUT2D eigenvalue weighted by Gasteiger charge is -2.32. The third-order valence-corrected chi connectivity index (χ3v) is 5.29. The summed E-state index contributed by atoms with van der Waals surface area (Å²) in [6.45, 7) is 10.7. The number of ether oxygens (including phenoxy) is 1. The zero-order valence-electron chi connectivity index (χ0n) is 14.1. The summed E-state index contributed by atoms with van der Waals surface area (Å²) in [6.07, 6.45) is 4.93. The lowest BCUT2D eigenvalue weighted by Crippen LogP contribution is -2.41. The topological polar surface area (TPSA) is 44.8 Å². The van der Waals surface area contributed by atoms with Gasteiger partial charge in [-0.25, -0.2) is 0 Å². The molecule has 0 bridgehead atoms. The fourth-order valence-corrected chi connectivity index (χ4v) is 3.23. The molecule has 0 aromatic rings. The zero-order valence-corrected chi connectivity index (χ0v) is 14.1. The van der Waals surface area contributed by atoms with E-state index in [4.69, 9.17) is 14.0 Å². The Bertz CT molecular complexity index is 356. The molecule has 0 atom stereocenters. The van der Waals surface area contributed by atoms with Crippen LogP contribution in [-0.4, -0.2) is 30.9 Å². The summed E-state index contributed by atoms with van der Waals surface area (Å²) >= 11 is 0. The van der Waals surface area contributed by atoms with Crippen LogP contribution in [-0.2, 0) is 18.8 Å². The number of carbonyl (C=O) groups is 1. The van der Waals surface area contributed by atoms with Gasteiger partial charge in [-0.15, -0.1) is 0 Å². The quantitative estimate of drug-likeness (QED) is 0.589. The van der Waals surface area contributed by atoms with Crippen molar-refractivity contribution >= 4 is 13.1 Å². The van der Waals surface area contributed by atoms with Crippen molar-refractivity contribution in [3.05, 3.63) is 0 Å². The molecular formula is C16H29BO4. The summed E-state index contributed by atoms with van der Waals surface area (Å²) in [5, 5.41) is 0. The molecule has 1 heterocycles. The summed E-state index contributed by atoms with van der Waals surface area (Å²) in [5.41, 5.74) is -0.500. The van der Waals surface area contributed by atoms with Gasteiger partial charge in [0.1, 0.15) is 0 Å². The van der Waals surface area contributed by atoms with Gasteiger partial charge >= 0.3 is 13.1 Å². The van der Waals surface area contributed by atoms with Crippen LogP contribution >= 0.6 is 0 Å². The Balaban J connectivity index is 1.79. The Kier molecular flexibility index (Phi) is 5.04. The average molecular weight is 296 g/mol. The molecule has 0 unspecified atom stereocenters. The molecule has 0 radical (unpaired) electrons. The predicted octanol–water partition coefficient (Wildman–Crippen LogP) is 3.45. The summed E-state index contributed by atoms with van der Waals surface area (Å²) < 4.78 is 17.2. The molecule has 2 rings (SSSR count). The van der Waals surface area contributed by atoms with Gasteiger partial charge in [0.2, 0.25) is 0 Å². The number of rotatable bonds is 4. The van der Waals surface area contributed by atoms with Gasteiger partial charge < -0.3 is 14.0 Å². The zero-order chi connectivity index (χ0) is 15.7. The Hall–Kier alpha value is -0.545. The van der Waals surface area contributed by atoms with Crippen LogP contribution in [0, 0.1) is 11.8 Å². The monoisotopic (exact) mass is 296 g/mol. The second-order valence-corrected chi connectivity index (χ2v) is 7.39. The van der Waals surface area contributed by atoms with E-state index in [2.05, 4.69) is 27.7 Å². The van der Waals surface area contributed by atoms with Crippen molar-refractivity contribution in [2.24, 2.45) is 11.8 Å². The molecule has 0 spiro atoms. The molecule has 2 aliphatic rings. The average Bonchev–Trinajstić information content (AvgIpc) is 2.58. The van der Waals surface area contributed by atoms with E-state index in [1.807, 2.05) is 6.92 Å². The second-order valence-electron chi connectivity index (χ2n) is 7.39. The van der Waals surface area contributed by atoms with Gasteiger partial charge in [-0.1, -0.05) is 12.8 Å². The van der Waals surface area contributed by atoms with E-state index in [9.17, 15) is 4.79 Å². The minimum atomic E-state index is -0.250. The first-order chi connectivity index (χ1) is 9.75. The standard InChI is InChI=1S/C16H29BO4/c1-6-19-14(18)13-9-7-12(8-10-13)11-17-20-15(2,3)16(4,5)21-17/h12-13H,6-11H2,1-5H3. The molecule has 21 heavy (non-hydrogen) atoms. The Morgan fingerprint density at radius 1 is 1.10 bits per heavy atom. The molecule has 120 valence electrons. The molecule has 0 aromatic heterocycles. The second kappa shape index (κ2) is 6.29. The minimum Gasteiger partial charge on any atom is -0.466 e. The number of carbonyl (C=O) groups excluding carboxylic acids is 1. The Labute approximate surface area is 129 Å². The van der Waals surface area contributed by atoms with Gasteiger partial charge in [-0.2, -0.15) is 0 Å². The highest BCUT2D eigenvalue weighted by Crippen LogP contribution is 2.41. The predicted molar refractivity (Wildman–Crippen MR) is 83.0 cm³/mol. The van der Waals surface area contributed by atoms with E-state index in [1.54, 1.807) is 0 Å². The Morgan fingerprint density at radius 3 is 2.10 bits per heavy atom. The minimum absolute atomic E-state index is 0.0217. The largest absolute Gasteiger partial charge is 0.466 e. The lowest BCUT2D eigenvalue weighted by molar-refractivity contribution is -0.149. The summed E-state index contributed by atoms with van der Waals surface area (Å²) in [5.74, 6) is 0.663. The van der Waals surface area contributed by atoms with Crippen LogP contribution in [0.5, 0.6) is 0 Å². The molecule has 1 saturated heterocycles. The first kappa shape index (κ1) is 16.8. The maximum atomic E-state index is 11.7. The van der Waals surface area contributed by atoms with E-state index >= 15 is 0 Å². The van der Waals surface area contributed by atoms with E-state index in [1.165, 1.54) is 0 Å². The number of hydrogen-bond acceptors (Lipinski definition) is 4. The first-order valence-electron chi connectivity index (χ1n) is 8.27. The summed E-state index contributed by atoms with van der Waals surface area (Å²) in [4.78, 5) is 11.7. The van der Waals surface area contributed by atoms with E-state index < -0.39 is 0 Å². The van der Waals surface area contributed by atoms with Crippen molar-refractivity contribution in [1.82, 2.24) is 0 Å². The van der Waals surface area contributed by atoms with Crippen molar-refractivity contribution in [3.8, 4) is 0 Å². The van der Waals surface area contributed by atoms with E-state index in [0.717, 1.165) is 32.0 Å². The third kappa shape index (κ3) is 3.81. The smallest absolute Gasteiger partial charge is 0.458 e. The molecule has 1 aliphatic heterocycles. The molecular weight excluding hydrogens is 267 g/mol. The Morgan fingerprint density at radius 2 is 1.62 bits per heavy atom. The molecule has 2 fully saturated rings. The lowest BCUT2D eigenvalue weighted by atomic mass is 9.70. The van der Waals surface area contributed by atoms with Crippen LogP contribution in [0.25, 0.3) is 0 Å². The SMILES string of the molecule is CCOC(=O)C1CCC(CB2OC(C)(C)C(C)(C)O2)CC1. The molecule has 1 aliphatic carbocycles. The number of hydrogen-bond donors (Lipinski definition) is 0. The molecule has 0 N–H and O–H groups in total. The van der Waals surface area contributed by atoms with Crippen molar-refractivity contribution in [2.75, 3.05) is 6.61 Å². The molecule has 5 heteroatoms. The normalized spacial score (nSPS) is 31.2. The first-order valence-corrected chi connectivity index (χ1v) is 8.27. The summed E-state index contributed by atoms with van der Waals surface area (Å²) in [6, 6.07) is 0. The molecule has 1 saturated carbocycles. The maximum absolute atomic E-state index is 11.7. The van der Waals surface area contributed by atoms with Gasteiger partial charge in [0.25, 0.3) is 0 Å². The molecule has 4 nitrogen and oxygen atoms in total. The van der Waals surface area contributed by atoms with Crippen molar-refractivity contribution in [3.63, 3.8) is 0 Å². The van der Waals surface area contributed by atoms with Gasteiger partial charge in [-0.05, 0) is 59.7 Å². The van der Waals surface area contributed by atoms with Gasteiger partial charge in [0, 0.05) is 0 Å². The van der Waals surface area contributed by atoms with Gasteiger partial charge in [0.05, 0.1) is 23.7 Å². The van der Waals surface area contributed by atoms with Crippen molar-refractivity contribution in [1.29, 1.82) is 0 Å². The van der Waals surface area contributed by atoms with Crippen molar-refractivity contribution < 1.29 is 18.8 Å². The van der Waals surface area contributed by atoms with E-state index in [-0.39, 0.29) is 30.2 Å². The highest BCUT2D eigenvalue weighted by molar-refractivity contribution is 6.45. The van der Waals surface area contributed by atoms with Gasteiger partial charge in [0.15, 0.2) is 0 Å². The van der Waals surface area contributed by atoms with Gasteiger partial charge in [-0.3, -0.25) is 4.79 Å². The highest BCUT2D eigenvalue weighted by Gasteiger charge is 2.51. The van der Waals surface area contributed by atoms with Crippen molar-refractivity contribution in [2.45, 2.75) is 77.8 Å². The fraction of sp³-hybridized carbons (Fsp3) is 0.938. The molecule has 0 aromatic carbocycles. The van der Waals surface area contributed by atoms with Crippen LogP contribution in [0.2, 0.25) is 6.32 Å². The maximum Gasteiger partial charge on any atom is 0.458 e. The van der Waals surface area contributed by atoms with Crippen LogP contribution in [0.15, 0.2) is 0 Å². The third-order valence-electron chi connectivity index (χ3n) is 5.29. The van der Waals surface area contributed by atoms with E-state index in [0.29, 0.717) is 12.5 Å². The molecule has 0 amide bonds. The fourth-order valence-electron chi connectivity index (χ4n) is 3.23. The number of esters is 1. The van der Waals surface area contributed by atoms with Crippen LogP contribution < -0.4 is 0 Å². The van der Waals surface area contributed by atoms with Crippen LogP contribution in [0.4, 0.5) is 0 Å². The van der Waals surface area contributed by atoms with Crippen LogP contribution in [0.3, 0.4) is 0 Å². The highest BCUT2D eigenvalue weighted by atomic mass is 16.7. The summed E-state index contributed by atoms with van der Waals surface area (Å²) in [7, 11) is -0.112. The van der Waals surface area contributed by atoms with Crippen LogP contribution in [0.1, 0.15) is 60.3 Å².